The molecule has 1 aliphatic rings. The van der Waals surface area contributed by atoms with Crippen molar-refractivity contribution in [1.82, 2.24) is 0 Å². The third kappa shape index (κ3) is 2.73. The molecule has 0 spiro atoms. The van der Waals surface area contributed by atoms with Gasteiger partial charge < -0.3 is 0 Å². The van der Waals surface area contributed by atoms with Crippen molar-refractivity contribution in [2.75, 3.05) is 0 Å². The van der Waals surface area contributed by atoms with Gasteiger partial charge in [0.25, 0.3) is 0 Å². The first kappa shape index (κ1) is 14.0. The van der Waals surface area contributed by atoms with Crippen LogP contribution >= 0.6 is 38.6 Å². The predicted molar refractivity (Wildman–Crippen MR) is 89.5 cm³/mol. The van der Waals surface area contributed by atoms with Gasteiger partial charge in [0.15, 0.2) is 0 Å². The third-order valence-corrected chi connectivity index (χ3v) is 6.23. The maximum absolute atomic E-state index is 9.41. The molecule has 2 nitrogen and oxygen atoms in total. The Balaban J connectivity index is 1.94. The molecule has 0 N–H and O–H groups in total. The molecule has 0 fully saturated rings. The van der Waals surface area contributed by atoms with Gasteiger partial charge in [0.2, 0.25) is 0 Å². The zero-order chi connectivity index (χ0) is 14.1. The van der Waals surface area contributed by atoms with Crippen LogP contribution in [0.25, 0.3) is 0 Å². The number of halogens is 1. The van der Waals surface area contributed by atoms with E-state index in [-0.39, 0.29) is 0 Å². The van der Waals surface area contributed by atoms with Crippen LogP contribution in [0.1, 0.15) is 34.2 Å². The fourth-order valence-electron chi connectivity index (χ4n) is 2.46. The summed E-state index contributed by atoms with van der Waals surface area (Å²) in [6, 6.07) is 6.39. The summed E-state index contributed by atoms with van der Waals surface area (Å²) in [7, 11) is 0. The monoisotopic (exact) mass is 364 g/mol. The van der Waals surface area contributed by atoms with Gasteiger partial charge in [-0.25, -0.2) is 4.99 Å². The van der Waals surface area contributed by atoms with Crippen LogP contribution in [0.5, 0.6) is 0 Å². The first-order valence-corrected chi connectivity index (χ1v) is 8.94. The lowest BCUT2D eigenvalue weighted by Crippen LogP contribution is -2.09. The Bertz CT molecular complexity index is 706. The van der Waals surface area contributed by atoms with Crippen molar-refractivity contribution in [3.8, 4) is 6.07 Å². The van der Waals surface area contributed by atoms with Crippen LogP contribution in [0.2, 0.25) is 0 Å². The van der Waals surface area contributed by atoms with Crippen molar-refractivity contribution < 1.29 is 0 Å². The van der Waals surface area contributed by atoms with Crippen LogP contribution < -0.4 is 0 Å². The highest BCUT2D eigenvalue weighted by atomic mass is 79.9. The lowest BCUT2D eigenvalue weighted by molar-refractivity contribution is 0.507. The smallest absolute Gasteiger partial charge is 0.134 e. The maximum Gasteiger partial charge on any atom is 0.134 e. The van der Waals surface area contributed by atoms with Gasteiger partial charge in [0, 0.05) is 16.0 Å². The standard InChI is InChI=1S/C15H13BrN2S2/c1-9-2-4-11-12(7-17)15(20-13(11)6-9)18-8-10-3-5-14(16)19-10/h3,5,8-9H,2,4,6H2,1H3. The zero-order valence-corrected chi connectivity index (χ0v) is 14.2. The molecule has 0 amide bonds. The van der Waals surface area contributed by atoms with E-state index in [1.54, 1.807) is 22.7 Å². The molecule has 0 aromatic carbocycles. The van der Waals surface area contributed by atoms with E-state index >= 15 is 0 Å². The first-order chi connectivity index (χ1) is 9.67. The summed E-state index contributed by atoms with van der Waals surface area (Å²) < 4.78 is 1.10. The fraction of sp³-hybridized carbons (Fsp3) is 0.333. The Morgan fingerprint density at radius 3 is 3.00 bits per heavy atom. The van der Waals surface area contributed by atoms with E-state index in [1.807, 2.05) is 18.3 Å². The summed E-state index contributed by atoms with van der Waals surface area (Å²) >= 11 is 6.78. The summed E-state index contributed by atoms with van der Waals surface area (Å²) in [5.41, 5.74) is 2.04. The number of nitriles is 1. The van der Waals surface area contributed by atoms with E-state index < -0.39 is 0 Å². The molecule has 2 heterocycles. The molecule has 20 heavy (non-hydrogen) atoms. The Morgan fingerprint density at radius 1 is 1.45 bits per heavy atom. The molecule has 1 unspecified atom stereocenters. The second kappa shape index (κ2) is 5.80. The number of fused-ring (bicyclic) bond motifs is 1. The molecule has 3 rings (SSSR count). The van der Waals surface area contributed by atoms with E-state index in [0.717, 1.165) is 38.0 Å². The normalized spacial score (nSPS) is 18.1. The molecule has 1 atom stereocenters. The molecule has 2 aromatic heterocycles. The SMILES string of the molecule is CC1CCc2c(sc(N=Cc3ccc(Br)s3)c2C#N)C1. The summed E-state index contributed by atoms with van der Waals surface area (Å²) in [5.74, 6) is 0.720. The fourth-order valence-corrected chi connectivity index (χ4v) is 5.06. The molecule has 0 aliphatic heterocycles. The van der Waals surface area contributed by atoms with Crippen molar-refractivity contribution in [3.63, 3.8) is 0 Å². The summed E-state index contributed by atoms with van der Waals surface area (Å²) in [4.78, 5) is 7.01. The topological polar surface area (TPSA) is 36.1 Å². The van der Waals surface area contributed by atoms with Crippen LogP contribution in [0.15, 0.2) is 20.9 Å². The van der Waals surface area contributed by atoms with Crippen LogP contribution in [0.4, 0.5) is 5.00 Å². The molecule has 2 aromatic rings. The number of thiophene rings is 2. The van der Waals surface area contributed by atoms with Gasteiger partial charge in [-0.1, -0.05) is 6.92 Å². The van der Waals surface area contributed by atoms with Crippen LogP contribution in [-0.2, 0) is 12.8 Å². The highest BCUT2D eigenvalue weighted by molar-refractivity contribution is 9.11. The van der Waals surface area contributed by atoms with Crippen molar-refractivity contribution in [2.24, 2.45) is 10.9 Å². The first-order valence-electron chi connectivity index (χ1n) is 6.51. The minimum Gasteiger partial charge on any atom is -0.243 e. The van der Waals surface area contributed by atoms with E-state index in [1.165, 1.54) is 16.9 Å². The Labute approximate surface area is 134 Å². The van der Waals surface area contributed by atoms with Crippen LogP contribution in [0.3, 0.4) is 0 Å². The number of nitrogens with zero attached hydrogens (tertiary/aromatic N) is 2. The Morgan fingerprint density at radius 2 is 2.30 bits per heavy atom. The molecule has 0 radical (unpaired) electrons. The van der Waals surface area contributed by atoms with Crippen LogP contribution in [0, 0.1) is 17.2 Å². The van der Waals surface area contributed by atoms with Gasteiger partial charge in [-0.3, -0.25) is 0 Å². The molecule has 0 bridgehead atoms. The van der Waals surface area contributed by atoms with Crippen molar-refractivity contribution in [1.29, 1.82) is 5.26 Å². The molecule has 1 aliphatic carbocycles. The number of rotatable bonds is 2. The average molecular weight is 365 g/mol. The molecular formula is C15H13BrN2S2. The van der Waals surface area contributed by atoms with E-state index in [9.17, 15) is 5.26 Å². The van der Waals surface area contributed by atoms with E-state index in [4.69, 9.17) is 0 Å². The Hall–Kier alpha value is -0.960. The summed E-state index contributed by atoms with van der Waals surface area (Å²) in [5, 5.41) is 10.3. The molecule has 102 valence electrons. The van der Waals surface area contributed by atoms with Crippen LogP contribution in [-0.4, -0.2) is 6.21 Å². The molecule has 5 heteroatoms. The summed E-state index contributed by atoms with van der Waals surface area (Å²) in [6.45, 7) is 2.28. The quantitative estimate of drug-likeness (QED) is 0.664. The van der Waals surface area contributed by atoms with Gasteiger partial charge in [-0.15, -0.1) is 22.7 Å². The second-order valence-corrected chi connectivity index (χ2v) is 8.62. The lowest BCUT2D eigenvalue weighted by atomic mass is 9.89. The predicted octanol–water partition coefficient (Wildman–Crippen LogP) is 5.32. The molecule has 0 saturated carbocycles. The van der Waals surface area contributed by atoms with Gasteiger partial charge in [0.1, 0.15) is 11.1 Å². The summed E-state index contributed by atoms with van der Waals surface area (Å²) in [6.07, 6.45) is 5.15. The van der Waals surface area contributed by atoms with Crippen molar-refractivity contribution >= 4 is 49.8 Å². The largest absolute Gasteiger partial charge is 0.243 e. The van der Waals surface area contributed by atoms with Gasteiger partial charge in [0.05, 0.1) is 9.35 Å². The van der Waals surface area contributed by atoms with E-state index in [0.29, 0.717) is 0 Å². The third-order valence-electron chi connectivity index (χ3n) is 3.51. The molecular weight excluding hydrogens is 352 g/mol. The second-order valence-electron chi connectivity index (χ2n) is 5.04. The molecule has 0 saturated heterocycles. The van der Waals surface area contributed by atoms with Gasteiger partial charge in [-0.05, 0) is 58.8 Å². The van der Waals surface area contributed by atoms with Gasteiger partial charge >= 0.3 is 0 Å². The van der Waals surface area contributed by atoms with Gasteiger partial charge in [-0.2, -0.15) is 5.26 Å². The van der Waals surface area contributed by atoms with Crippen molar-refractivity contribution in [2.45, 2.75) is 26.2 Å². The maximum atomic E-state index is 9.41. The minimum atomic E-state index is 0.720. The highest BCUT2D eigenvalue weighted by Gasteiger charge is 2.23. The number of hydrogen-bond acceptors (Lipinski definition) is 4. The Kier molecular flexibility index (Phi) is 4.06. The lowest BCUT2D eigenvalue weighted by Gasteiger charge is -2.17. The van der Waals surface area contributed by atoms with E-state index in [2.05, 4.69) is 33.9 Å². The number of hydrogen-bond donors (Lipinski definition) is 0. The average Bonchev–Trinajstić information content (AvgIpc) is 2.98. The minimum absolute atomic E-state index is 0.720. The van der Waals surface area contributed by atoms with Crippen molar-refractivity contribution in [3.05, 3.63) is 36.8 Å². The zero-order valence-electron chi connectivity index (χ0n) is 11.0. The highest BCUT2D eigenvalue weighted by Crippen LogP contribution is 2.40. The number of aliphatic imine (C=N–C) groups is 1.